The molecule has 4 heterocycles. The summed E-state index contributed by atoms with van der Waals surface area (Å²) in [7, 11) is 0. The second kappa shape index (κ2) is 12.5. The number of benzene rings is 2. The second-order valence-electron chi connectivity index (χ2n) is 10.8. The zero-order valence-corrected chi connectivity index (χ0v) is 23.1. The van der Waals surface area contributed by atoms with Crippen LogP contribution in [0.3, 0.4) is 0 Å². The van der Waals surface area contributed by atoms with E-state index >= 15 is 0 Å². The fourth-order valence-electron chi connectivity index (χ4n) is 5.69. The smallest absolute Gasteiger partial charge is 0.227 e. The average molecular weight is 547 g/mol. The molecule has 0 saturated carbocycles. The summed E-state index contributed by atoms with van der Waals surface area (Å²) in [5.41, 5.74) is 3.54. The van der Waals surface area contributed by atoms with Crippen LogP contribution < -0.4 is 10.3 Å². The maximum absolute atomic E-state index is 13.0. The number of piperazine rings is 1. The van der Waals surface area contributed by atoms with E-state index in [4.69, 9.17) is 13.9 Å². The largest absolute Gasteiger partial charge is 0.440 e. The Morgan fingerprint density at radius 1 is 0.700 bits per heavy atom. The van der Waals surface area contributed by atoms with Gasteiger partial charge >= 0.3 is 0 Å². The molecule has 0 spiro atoms. The highest BCUT2D eigenvalue weighted by atomic mass is 16.5. The van der Waals surface area contributed by atoms with Gasteiger partial charge in [0, 0.05) is 71.5 Å². The SMILES string of the molecule is O=C(Cc1ccc(-c2ccc3c(=O)cc(N4CCOCC4)oc3c2)cc1)N1CCN(CCN2CCOCC2)CC1. The molecule has 3 fully saturated rings. The van der Waals surface area contributed by atoms with Gasteiger partial charge in [-0.15, -0.1) is 0 Å². The van der Waals surface area contributed by atoms with Gasteiger partial charge in [-0.1, -0.05) is 30.3 Å². The van der Waals surface area contributed by atoms with Crippen LogP contribution in [0.25, 0.3) is 22.1 Å². The molecule has 1 amide bonds. The summed E-state index contributed by atoms with van der Waals surface area (Å²) >= 11 is 0. The van der Waals surface area contributed by atoms with Crippen LogP contribution in [-0.4, -0.2) is 112 Å². The molecule has 0 unspecified atom stereocenters. The Hall–Kier alpha value is -3.24. The monoisotopic (exact) mass is 546 g/mol. The van der Waals surface area contributed by atoms with Crippen LogP contribution in [0, 0.1) is 0 Å². The van der Waals surface area contributed by atoms with Crippen molar-refractivity contribution in [3.63, 3.8) is 0 Å². The number of carbonyl (C=O) groups excluding carboxylic acids is 1. The van der Waals surface area contributed by atoms with E-state index in [1.165, 1.54) is 0 Å². The van der Waals surface area contributed by atoms with Gasteiger partial charge in [0.15, 0.2) is 11.3 Å². The zero-order valence-electron chi connectivity index (χ0n) is 23.1. The van der Waals surface area contributed by atoms with Gasteiger partial charge in [0.05, 0.1) is 38.2 Å². The van der Waals surface area contributed by atoms with Crippen molar-refractivity contribution >= 4 is 22.8 Å². The fourth-order valence-corrected chi connectivity index (χ4v) is 5.69. The summed E-state index contributed by atoms with van der Waals surface area (Å²) in [6.45, 7) is 11.9. The van der Waals surface area contributed by atoms with Crippen LogP contribution in [0.2, 0.25) is 0 Å². The molecule has 40 heavy (non-hydrogen) atoms. The molecule has 1 aromatic heterocycles. The van der Waals surface area contributed by atoms with Gasteiger partial charge in [-0.05, 0) is 28.8 Å². The van der Waals surface area contributed by atoms with Gasteiger partial charge in [0.25, 0.3) is 0 Å². The van der Waals surface area contributed by atoms with Crippen molar-refractivity contribution in [2.45, 2.75) is 6.42 Å². The molecule has 0 aliphatic carbocycles. The summed E-state index contributed by atoms with van der Waals surface area (Å²) < 4.78 is 17.0. The molecule has 3 saturated heterocycles. The van der Waals surface area contributed by atoms with E-state index < -0.39 is 0 Å². The minimum Gasteiger partial charge on any atom is -0.440 e. The van der Waals surface area contributed by atoms with Crippen LogP contribution >= 0.6 is 0 Å². The molecular formula is C31H38N4O5. The molecule has 3 aliphatic heterocycles. The lowest BCUT2D eigenvalue weighted by Gasteiger charge is -2.36. The molecule has 0 N–H and O–H groups in total. The van der Waals surface area contributed by atoms with Gasteiger partial charge in [-0.3, -0.25) is 19.4 Å². The quantitative estimate of drug-likeness (QED) is 0.447. The van der Waals surface area contributed by atoms with E-state index in [-0.39, 0.29) is 11.3 Å². The Kier molecular flexibility index (Phi) is 8.43. The summed E-state index contributed by atoms with van der Waals surface area (Å²) in [5, 5.41) is 0.573. The Morgan fingerprint density at radius 2 is 1.32 bits per heavy atom. The van der Waals surface area contributed by atoms with E-state index in [9.17, 15) is 9.59 Å². The molecule has 3 aliphatic rings. The highest BCUT2D eigenvalue weighted by Crippen LogP contribution is 2.26. The third kappa shape index (κ3) is 6.39. The number of amides is 1. The first kappa shape index (κ1) is 27.0. The minimum atomic E-state index is -0.0407. The molecular weight excluding hydrogens is 508 g/mol. The van der Waals surface area contributed by atoms with E-state index in [1.54, 1.807) is 6.07 Å². The normalized spacial score (nSPS) is 19.3. The third-order valence-corrected chi connectivity index (χ3v) is 8.24. The number of fused-ring (bicyclic) bond motifs is 1. The predicted octanol–water partition coefficient (Wildman–Crippen LogP) is 2.32. The number of morpholine rings is 2. The van der Waals surface area contributed by atoms with E-state index in [2.05, 4.69) is 9.80 Å². The van der Waals surface area contributed by atoms with E-state index in [1.807, 2.05) is 52.3 Å². The Morgan fingerprint density at radius 3 is 2.02 bits per heavy atom. The number of nitrogens with zero attached hydrogens (tertiary/aromatic N) is 4. The third-order valence-electron chi connectivity index (χ3n) is 8.24. The molecule has 6 rings (SSSR count). The van der Waals surface area contributed by atoms with Crippen molar-refractivity contribution in [2.24, 2.45) is 0 Å². The van der Waals surface area contributed by atoms with Crippen molar-refractivity contribution in [3.8, 4) is 11.1 Å². The maximum atomic E-state index is 13.0. The Labute approximate surface area is 234 Å². The van der Waals surface area contributed by atoms with Crippen molar-refractivity contribution < 1.29 is 18.7 Å². The molecule has 0 radical (unpaired) electrons. The summed E-state index contributed by atoms with van der Waals surface area (Å²) in [6.07, 6.45) is 0.406. The minimum absolute atomic E-state index is 0.0407. The van der Waals surface area contributed by atoms with E-state index in [0.717, 1.165) is 82.3 Å². The Balaban J connectivity index is 1.05. The lowest BCUT2D eigenvalue weighted by atomic mass is 10.0. The van der Waals surface area contributed by atoms with Gasteiger partial charge in [-0.25, -0.2) is 0 Å². The van der Waals surface area contributed by atoms with E-state index in [0.29, 0.717) is 49.6 Å². The molecule has 9 heteroatoms. The van der Waals surface area contributed by atoms with Crippen molar-refractivity contribution in [1.29, 1.82) is 0 Å². The number of carbonyl (C=O) groups is 1. The number of hydrogen-bond acceptors (Lipinski definition) is 8. The summed E-state index contributed by atoms with van der Waals surface area (Å²) in [4.78, 5) is 34.7. The van der Waals surface area contributed by atoms with Crippen LogP contribution in [0.4, 0.5) is 5.88 Å². The molecule has 212 valence electrons. The van der Waals surface area contributed by atoms with Crippen LogP contribution in [0.15, 0.2) is 57.7 Å². The van der Waals surface area contributed by atoms with Gasteiger partial charge < -0.3 is 23.7 Å². The standard InChI is InChI=1S/C31H38N4O5/c36-28-23-31(35-15-19-39-20-16-35)40-29-22-26(5-6-27(28)29)25-3-1-24(2-4-25)21-30(37)34-11-9-32(10-12-34)7-8-33-13-17-38-18-14-33/h1-6,22-23H,7-21H2. The first-order chi connectivity index (χ1) is 19.6. The van der Waals surface area contributed by atoms with Gasteiger partial charge in [0.2, 0.25) is 5.91 Å². The Bertz CT molecular complexity index is 1350. The highest BCUT2D eigenvalue weighted by molar-refractivity contribution is 5.84. The zero-order chi connectivity index (χ0) is 27.3. The number of ether oxygens (including phenoxy) is 2. The maximum Gasteiger partial charge on any atom is 0.227 e. The predicted molar refractivity (Wildman–Crippen MR) is 155 cm³/mol. The average Bonchev–Trinajstić information content (AvgIpc) is 3.01. The topological polar surface area (TPSA) is 78.7 Å². The molecule has 0 bridgehead atoms. The molecule has 2 aromatic carbocycles. The second-order valence-corrected chi connectivity index (χ2v) is 10.8. The molecule has 0 atom stereocenters. The number of anilines is 1. The lowest BCUT2D eigenvalue weighted by Crippen LogP contribution is -2.51. The van der Waals surface area contributed by atoms with Crippen LogP contribution in [0.5, 0.6) is 0 Å². The number of hydrogen-bond donors (Lipinski definition) is 0. The highest BCUT2D eigenvalue weighted by Gasteiger charge is 2.22. The summed E-state index contributed by atoms with van der Waals surface area (Å²) in [5.74, 6) is 0.772. The summed E-state index contributed by atoms with van der Waals surface area (Å²) in [6, 6.07) is 15.4. The number of rotatable bonds is 7. The first-order valence-electron chi connectivity index (χ1n) is 14.4. The first-order valence-corrected chi connectivity index (χ1v) is 14.4. The molecule has 3 aromatic rings. The van der Waals surface area contributed by atoms with Crippen molar-refractivity contribution in [1.82, 2.24) is 14.7 Å². The van der Waals surface area contributed by atoms with Crippen molar-refractivity contribution in [3.05, 3.63) is 64.3 Å². The molecule has 9 nitrogen and oxygen atoms in total. The van der Waals surface area contributed by atoms with Gasteiger partial charge in [-0.2, -0.15) is 0 Å². The lowest BCUT2D eigenvalue weighted by molar-refractivity contribution is -0.132. The van der Waals surface area contributed by atoms with Gasteiger partial charge in [0.1, 0.15) is 5.58 Å². The van der Waals surface area contributed by atoms with Crippen LogP contribution in [-0.2, 0) is 20.7 Å². The van der Waals surface area contributed by atoms with Crippen molar-refractivity contribution in [2.75, 3.05) is 96.8 Å². The van der Waals surface area contributed by atoms with Crippen LogP contribution in [0.1, 0.15) is 5.56 Å². The fraction of sp³-hybridized carbons (Fsp3) is 0.484.